The number of alkyl halides is 2. The summed E-state index contributed by atoms with van der Waals surface area (Å²) in [6, 6.07) is 4.92. The summed E-state index contributed by atoms with van der Waals surface area (Å²) in [4.78, 5) is 4.04. The van der Waals surface area contributed by atoms with Gasteiger partial charge in [-0.05, 0) is 30.4 Å². The first-order chi connectivity index (χ1) is 12.4. The number of hydrogen-bond donors (Lipinski definition) is 2. The number of methoxy groups -OCH3 is 1. The van der Waals surface area contributed by atoms with Gasteiger partial charge in [0, 0.05) is 12.5 Å². The number of unbranched alkanes of at least 4 members (excludes halogenated alkanes) is 1. The lowest BCUT2D eigenvalue weighted by atomic mass is 9.91. The molecule has 0 aromatic heterocycles. The molecule has 2 aliphatic rings. The Bertz CT molecular complexity index is 663. The third-order valence-corrected chi connectivity index (χ3v) is 5.73. The maximum atomic E-state index is 14.6. The fourth-order valence-corrected chi connectivity index (χ4v) is 4.08. The van der Waals surface area contributed by atoms with Crippen LogP contribution in [0.4, 0.5) is 20.2 Å². The van der Waals surface area contributed by atoms with Crippen LogP contribution in [0.2, 0.25) is 0 Å². The molecule has 1 saturated carbocycles. The predicted octanol–water partition coefficient (Wildman–Crippen LogP) is 5.14. The Morgan fingerprint density at radius 2 is 2.12 bits per heavy atom. The maximum absolute atomic E-state index is 14.6. The average Bonchev–Trinajstić information content (AvgIpc) is 3.02. The molecule has 1 fully saturated rings. The van der Waals surface area contributed by atoms with E-state index in [9.17, 15) is 13.9 Å². The van der Waals surface area contributed by atoms with E-state index in [4.69, 9.17) is 4.74 Å². The highest BCUT2D eigenvalue weighted by molar-refractivity contribution is 6.01. The summed E-state index contributed by atoms with van der Waals surface area (Å²) < 4.78 is 34.3. The second-order valence-corrected chi connectivity index (χ2v) is 7.55. The first-order valence-corrected chi connectivity index (χ1v) is 9.50. The van der Waals surface area contributed by atoms with Gasteiger partial charge in [0.2, 0.25) is 0 Å². The van der Waals surface area contributed by atoms with Crippen LogP contribution in [-0.2, 0) is 0 Å². The fraction of sp³-hybridized carbons (Fsp3) is 0.650. The van der Waals surface area contributed by atoms with E-state index in [2.05, 4.69) is 17.2 Å². The highest BCUT2D eigenvalue weighted by Crippen LogP contribution is 2.38. The van der Waals surface area contributed by atoms with Crippen LogP contribution in [0.15, 0.2) is 23.2 Å². The molecular formula is C20H28F2N2O2. The molecular weight excluding hydrogens is 338 g/mol. The SMILES string of the molecule is COc1ccc2c(c1)NC(O)C(C(F)(F)CCCC[C@@H]1CCCC1C)=N2. The van der Waals surface area contributed by atoms with E-state index in [1.165, 1.54) is 26.4 Å². The second-order valence-electron chi connectivity index (χ2n) is 7.55. The van der Waals surface area contributed by atoms with Crippen molar-refractivity contribution < 1.29 is 18.6 Å². The molecule has 144 valence electrons. The van der Waals surface area contributed by atoms with Gasteiger partial charge in [0.1, 0.15) is 11.5 Å². The molecule has 3 rings (SSSR count). The van der Waals surface area contributed by atoms with Crippen molar-refractivity contribution in [2.75, 3.05) is 12.4 Å². The van der Waals surface area contributed by atoms with Crippen LogP contribution in [0.1, 0.15) is 51.9 Å². The number of aliphatic imine (C=N–C) groups is 1. The summed E-state index contributed by atoms with van der Waals surface area (Å²) in [5, 5.41) is 12.8. The van der Waals surface area contributed by atoms with Gasteiger partial charge in [0.05, 0.1) is 18.5 Å². The normalized spacial score (nSPS) is 25.4. The molecule has 6 heteroatoms. The molecule has 0 spiro atoms. The van der Waals surface area contributed by atoms with Gasteiger partial charge < -0.3 is 15.2 Å². The molecule has 1 aliphatic heterocycles. The Morgan fingerprint density at radius 3 is 2.81 bits per heavy atom. The van der Waals surface area contributed by atoms with E-state index in [0.29, 0.717) is 29.5 Å². The van der Waals surface area contributed by atoms with Crippen molar-refractivity contribution >= 4 is 17.1 Å². The third kappa shape index (κ3) is 4.17. The van der Waals surface area contributed by atoms with Crippen molar-refractivity contribution in [3.8, 4) is 5.75 Å². The number of rotatable bonds is 7. The van der Waals surface area contributed by atoms with E-state index in [0.717, 1.165) is 18.8 Å². The highest BCUT2D eigenvalue weighted by Gasteiger charge is 2.41. The molecule has 0 saturated heterocycles. The summed E-state index contributed by atoms with van der Waals surface area (Å²) in [5.74, 6) is -1.14. The Labute approximate surface area is 153 Å². The van der Waals surface area contributed by atoms with Crippen molar-refractivity contribution in [2.24, 2.45) is 16.8 Å². The molecule has 0 bridgehead atoms. The van der Waals surface area contributed by atoms with Gasteiger partial charge in [-0.25, -0.2) is 4.99 Å². The van der Waals surface area contributed by atoms with Crippen molar-refractivity contribution in [2.45, 2.75) is 64.0 Å². The monoisotopic (exact) mass is 366 g/mol. The minimum absolute atomic E-state index is 0.281. The predicted molar refractivity (Wildman–Crippen MR) is 99.6 cm³/mol. The number of ether oxygens (including phenoxy) is 1. The molecule has 4 nitrogen and oxygen atoms in total. The van der Waals surface area contributed by atoms with E-state index in [1.807, 2.05) is 0 Å². The summed E-state index contributed by atoms with van der Waals surface area (Å²) >= 11 is 0. The fourth-order valence-electron chi connectivity index (χ4n) is 4.08. The minimum Gasteiger partial charge on any atom is -0.497 e. The van der Waals surface area contributed by atoms with E-state index >= 15 is 0 Å². The van der Waals surface area contributed by atoms with Gasteiger partial charge in [-0.15, -0.1) is 0 Å². The van der Waals surface area contributed by atoms with Crippen molar-refractivity contribution in [3.05, 3.63) is 18.2 Å². The second kappa shape index (κ2) is 7.91. The van der Waals surface area contributed by atoms with E-state index in [-0.39, 0.29) is 6.42 Å². The summed E-state index contributed by atoms with van der Waals surface area (Å²) in [7, 11) is 1.52. The van der Waals surface area contributed by atoms with Crippen LogP contribution >= 0.6 is 0 Å². The van der Waals surface area contributed by atoms with Crippen LogP contribution in [0.3, 0.4) is 0 Å². The van der Waals surface area contributed by atoms with Crippen molar-refractivity contribution in [1.29, 1.82) is 0 Å². The average molecular weight is 366 g/mol. The third-order valence-electron chi connectivity index (χ3n) is 5.73. The number of halogens is 2. The molecule has 1 aromatic rings. The van der Waals surface area contributed by atoms with Gasteiger partial charge in [0.15, 0.2) is 6.23 Å². The summed E-state index contributed by atoms with van der Waals surface area (Å²) in [6.07, 6.45) is 4.25. The van der Waals surface area contributed by atoms with Crippen LogP contribution < -0.4 is 10.1 Å². The maximum Gasteiger partial charge on any atom is 0.290 e. The topological polar surface area (TPSA) is 53.8 Å². The molecule has 1 heterocycles. The summed E-state index contributed by atoms with van der Waals surface area (Å²) in [5.41, 5.74) is 0.390. The lowest BCUT2D eigenvalue weighted by molar-refractivity contribution is 0.0527. The number of nitrogens with one attached hydrogen (secondary N) is 1. The van der Waals surface area contributed by atoms with Crippen molar-refractivity contribution in [1.82, 2.24) is 0 Å². The highest BCUT2D eigenvalue weighted by atomic mass is 19.3. The number of benzene rings is 1. The minimum atomic E-state index is -3.12. The van der Waals surface area contributed by atoms with Gasteiger partial charge >= 0.3 is 0 Å². The zero-order valence-electron chi connectivity index (χ0n) is 15.5. The molecule has 0 amide bonds. The number of aliphatic hydroxyl groups excluding tert-OH is 1. The van der Waals surface area contributed by atoms with Crippen LogP contribution in [0.5, 0.6) is 5.75 Å². The molecule has 2 N–H and O–H groups in total. The van der Waals surface area contributed by atoms with Gasteiger partial charge in [0.25, 0.3) is 5.92 Å². The molecule has 0 radical (unpaired) electrons. The largest absolute Gasteiger partial charge is 0.497 e. The van der Waals surface area contributed by atoms with Gasteiger partial charge in [-0.2, -0.15) is 8.78 Å². The Morgan fingerprint density at radius 1 is 1.31 bits per heavy atom. The molecule has 1 aliphatic carbocycles. The zero-order valence-corrected chi connectivity index (χ0v) is 15.5. The number of nitrogens with zero attached hydrogens (tertiary/aromatic N) is 1. The lowest BCUT2D eigenvalue weighted by Gasteiger charge is -2.28. The Balaban J connectivity index is 1.61. The van der Waals surface area contributed by atoms with E-state index < -0.39 is 17.9 Å². The quantitative estimate of drug-likeness (QED) is 0.657. The molecule has 26 heavy (non-hydrogen) atoms. The van der Waals surface area contributed by atoms with Crippen LogP contribution in [-0.4, -0.2) is 30.1 Å². The first-order valence-electron chi connectivity index (χ1n) is 9.50. The van der Waals surface area contributed by atoms with E-state index in [1.54, 1.807) is 18.2 Å². The van der Waals surface area contributed by atoms with Crippen LogP contribution in [0.25, 0.3) is 0 Å². The number of fused-ring (bicyclic) bond motifs is 1. The molecule has 1 aromatic carbocycles. The molecule has 3 atom stereocenters. The lowest BCUT2D eigenvalue weighted by Crippen LogP contribution is -2.43. The number of hydrogen-bond acceptors (Lipinski definition) is 4. The zero-order chi connectivity index (χ0) is 18.7. The smallest absolute Gasteiger partial charge is 0.290 e. The first kappa shape index (κ1) is 19.1. The number of aliphatic hydroxyl groups is 1. The Kier molecular flexibility index (Phi) is 5.80. The van der Waals surface area contributed by atoms with Gasteiger partial charge in [-0.1, -0.05) is 39.0 Å². The molecule has 2 unspecified atom stereocenters. The Hall–Kier alpha value is -1.69. The van der Waals surface area contributed by atoms with Gasteiger partial charge in [-0.3, -0.25) is 0 Å². The number of anilines is 1. The van der Waals surface area contributed by atoms with Crippen molar-refractivity contribution in [3.63, 3.8) is 0 Å². The summed E-state index contributed by atoms with van der Waals surface area (Å²) in [6.45, 7) is 2.26. The standard InChI is InChI=1S/C20H28F2N2O2/c1-13-6-5-8-14(13)7-3-4-11-20(21,22)18-19(25)24-17-12-15(26-2)9-10-16(17)23-18/h9-10,12-14,19,24-25H,3-8,11H2,1-2H3/t13?,14-,19?/m1/s1. The van der Waals surface area contributed by atoms with Crippen LogP contribution in [0, 0.1) is 11.8 Å².